The number of thiol groups is 1. The fourth-order valence-corrected chi connectivity index (χ4v) is 1.92. The number of likely N-dealkylation sites (tertiary alicyclic amines) is 1. The van der Waals surface area contributed by atoms with Crippen molar-refractivity contribution in [2.75, 3.05) is 12.3 Å². The summed E-state index contributed by atoms with van der Waals surface area (Å²) in [5.74, 6) is 1.83. The van der Waals surface area contributed by atoms with E-state index in [-0.39, 0.29) is 18.2 Å². The second-order valence-corrected chi connectivity index (χ2v) is 3.93. The Morgan fingerprint density at radius 1 is 1.80 bits per heavy atom. The van der Waals surface area contributed by atoms with Crippen LogP contribution in [0.15, 0.2) is 0 Å². The average Bonchev–Trinajstić information content (AvgIpc) is 2.55. The highest BCUT2D eigenvalue weighted by Crippen LogP contribution is 2.22. The van der Waals surface area contributed by atoms with Crippen molar-refractivity contribution in [1.29, 1.82) is 0 Å². The van der Waals surface area contributed by atoms with Gasteiger partial charge in [-0.3, -0.25) is 4.79 Å². The van der Waals surface area contributed by atoms with Crippen LogP contribution in [0.1, 0.15) is 12.8 Å². The van der Waals surface area contributed by atoms with Crippen LogP contribution in [0.5, 0.6) is 0 Å². The van der Waals surface area contributed by atoms with Gasteiger partial charge in [-0.15, -0.1) is 12.3 Å². The molecule has 1 aliphatic heterocycles. The molecular formula is C10H13NO3S. The highest BCUT2D eigenvalue weighted by molar-refractivity contribution is 7.80. The Hall–Kier alpha value is -1.15. The van der Waals surface area contributed by atoms with E-state index in [1.807, 2.05) is 0 Å². The number of rotatable bonds is 4. The van der Waals surface area contributed by atoms with Crippen LogP contribution in [0.4, 0.5) is 0 Å². The molecule has 1 rings (SSSR count). The van der Waals surface area contributed by atoms with Gasteiger partial charge in [0, 0.05) is 19.4 Å². The molecule has 1 unspecified atom stereocenters. The standard InChI is InChI=1S/C10H13NO3S/c1-2-3-8(10(13)14)11-5-7(6-15)4-9(11)12/h1,7-8,15H,3-6H2,(H,13,14)/t7?,8-/m0/s1. The number of aliphatic carboxylic acids is 1. The number of nitrogens with zero attached hydrogens (tertiary/aromatic N) is 1. The van der Waals surface area contributed by atoms with Crippen LogP contribution >= 0.6 is 12.6 Å². The molecular weight excluding hydrogens is 214 g/mol. The Bertz CT molecular complexity index is 310. The largest absolute Gasteiger partial charge is 0.480 e. The van der Waals surface area contributed by atoms with Crippen molar-refractivity contribution in [2.24, 2.45) is 5.92 Å². The molecule has 0 saturated carbocycles. The molecule has 1 N–H and O–H groups in total. The Labute approximate surface area is 94.0 Å². The maximum atomic E-state index is 11.5. The number of carboxylic acid groups (broad SMARTS) is 1. The lowest BCUT2D eigenvalue weighted by atomic mass is 10.1. The Morgan fingerprint density at radius 2 is 2.47 bits per heavy atom. The van der Waals surface area contributed by atoms with E-state index < -0.39 is 12.0 Å². The number of terminal acetylenes is 1. The summed E-state index contributed by atoms with van der Waals surface area (Å²) in [6, 6.07) is -0.882. The normalized spacial score (nSPS) is 22.5. The molecule has 0 aromatic rings. The minimum atomic E-state index is -1.04. The van der Waals surface area contributed by atoms with Gasteiger partial charge in [0.1, 0.15) is 6.04 Å². The van der Waals surface area contributed by atoms with Gasteiger partial charge in [-0.1, -0.05) is 0 Å². The molecule has 2 atom stereocenters. The van der Waals surface area contributed by atoms with Crippen molar-refractivity contribution in [3.05, 3.63) is 0 Å². The summed E-state index contributed by atoms with van der Waals surface area (Å²) in [6.07, 6.45) is 5.51. The number of carboxylic acids is 1. The molecule has 1 heterocycles. The zero-order valence-corrected chi connectivity index (χ0v) is 9.11. The molecule has 0 spiro atoms. The van der Waals surface area contributed by atoms with E-state index in [9.17, 15) is 9.59 Å². The van der Waals surface area contributed by atoms with Gasteiger partial charge in [0.2, 0.25) is 5.91 Å². The van der Waals surface area contributed by atoms with Gasteiger partial charge < -0.3 is 10.0 Å². The van der Waals surface area contributed by atoms with Crippen molar-refractivity contribution < 1.29 is 14.7 Å². The van der Waals surface area contributed by atoms with Crippen molar-refractivity contribution in [3.63, 3.8) is 0 Å². The van der Waals surface area contributed by atoms with Crippen LogP contribution in [-0.2, 0) is 9.59 Å². The predicted molar refractivity (Wildman–Crippen MR) is 58.5 cm³/mol. The summed E-state index contributed by atoms with van der Waals surface area (Å²) in [4.78, 5) is 23.8. The third kappa shape index (κ3) is 2.66. The predicted octanol–water partition coefficient (Wildman–Crippen LogP) is 0.241. The van der Waals surface area contributed by atoms with Crippen molar-refractivity contribution in [3.8, 4) is 12.3 Å². The first-order valence-corrected chi connectivity index (χ1v) is 5.30. The fraction of sp³-hybridized carbons (Fsp3) is 0.600. The van der Waals surface area contributed by atoms with E-state index in [1.54, 1.807) is 0 Å². The van der Waals surface area contributed by atoms with E-state index in [2.05, 4.69) is 18.5 Å². The highest BCUT2D eigenvalue weighted by Gasteiger charge is 2.36. The summed E-state index contributed by atoms with van der Waals surface area (Å²) >= 11 is 4.10. The van der Waals surface area contributed by atoms with Gasteiger partial charge in [-0.25, -0.2) is 4.79 Å². The van der Waals surface area contributed by atoms with Crippen LogP contribution in [0, 0.1) is 18.3 Å². The zero-order chi connectivity index (χ0) is 11.4. The number of carbonyl (C=O) groups is 2. The Morgan fingerprint density at radius 3 is 2.87 bits per heavy atom. The van der Waals surface area contributed by atoms with Crippen LogP contribution in [0.2, 0.25) is 0 Å². The first-order valence-electron chi connectivity index (χ1n) is 4.66. The molecule has 5 heteroatoms. The SMILES string of the molecule is C#CC[C@@H](C(=O)O)N1CC(CS)CC1=O. The quantitative estimate of drug-likeness (QED) is 0.534. The smallest absolute Gasteiger partial charge is 0.327 e. The minimum absolute atomic E-state index is 0.0559. The third-order valence-electron chi connectivity index (χ3n) is 2.47. The molecule has 1 amide bonds. The van der Waals surface area contributed by atoms with Gasteiger partial charge in [0.05, 0.1) is 0 Å². The lowest BCUT2D eigenvalue weighted by Crippen LogP contribution is -2.42. The highest BCUT2D eigenvalue weighted by atomic mass is 32.1. The van der Waals surface area contributed by atoms with Crippen LogP contribution in [0.25, 0.3) is 0 Å². The first kappa shape index (κ1) is 11.9. The molecule has 15 heavy (non-hydrogen) atoms. The summed E-state index contributed by atoms with van der Waals surface area (Å²) in [5.41, 5.74) is 0. The maximum Gasteiger partial charge on any atom is 0.327 e. The van der Waals surface area contributed by atoms with E-state index in [4.69, 9.17) is 11.5 Å². The van der Waals surface area contributed by atoms with Crippen molar-refractivity contribution in [1.82, 2.24) is 4.90 Å². The molecule has 1 fully saturated rings. The molecule has 0 aromatic carbocycles. The molecule has 0 bridgehead atoms. The van der Waals surface area contributed by atoms with Gasteiger partial charge in [-0.05, 0) is 11.7 Å². The van der Waals surface area contributed by atoms with E-state index >= 15 is 0 Å². The molecule has 0 radical (unpaired) electrons. The van der Waals surface area contributed by atoms with E-state index in [0.717, 1.165) is 0 Å². The molecule has 0 aromatic heterocycles. The van der Waals surface area contributed by atoms with Gasteiger partial charge >= 0.3 is 5.97 Å². The average molecular weight is 227 g/mol. The maximum absolute atomic E-state index is 11.5. The third-order valence-corrected chi connectivity index (χ3v) is 2.99. The van der Waals surface area contributed by atoms with Crippen molar-refractivity contribution in [2.45, 2.75) is 18.9 Å². The second kappa shape index (κ2) is 5.08. The van der Waals surface area contributed by atoms with Gasteiger partial charge in [0.15, 0.2) is 0 Å². The van der Waals surface area contributed by atoms with Crippen LogP contribution in [0.3, 0.4) is 0 Å². The molecule has 1 saturated heterocycles. The van der Waals surface area contributed by atoms with Crippen LogP contribution < -0.4 is 0 Å². The Balaban J connectivity index is 2.73. The molecule has 4 nitrogen and oxygen atoms in total. The van der Waals surface area contributed by atoms with E-state index in [0.29, 0.717) is 18.7 Å². The Kier molecular flexibility index (Phi) is 4.04. The summed E-state index contributed by atoms with van der Waals surface area (Å²) in [7, 11) is 0. The summed E-state index contributed by atoms with van der Waals surface area (Å²) in [6.45, 7) is 0.445. The minimum Gasteiger partial charge on any atom is -0.480 e. The lowest BCUT2D eigenvalue weighted by Gasteiger charge is -2.22. The fourth-order valence-electron chi connectivity index (χ4n) is 1.67. The van der Waals surface area contributed by atoms with Gasteiger partial charge in [0.25, 0.3) is 0 Å². The monoisotopic (exact) mass is 227 g/mol. The van der Waals surface area contributed by atoms with E-state index in [1.165, 1.54) is 4.90 Å². The van der Waals surface area contributed by atoms with Gasteiger partial charge in [-0.2, -0.15) is 12.6 Å². The molecule has 1 aliphatic rings. The first-order chi connectivity index (χ1) is 7.10. The number of carbonyl (C=O) groups excluding carboxylic acids is 1. The number of hydrogen-bond donors (Lipinski definition) is 2. The van der Waals surface area contributed by atoms with Crippen LogP contribution in [-0.4, -0.2) is 40.2 Å². The lowest BCUT2D eigenvalue weighted by molar-refractivity contribution is -0.148. The topological polar surface area (TPSA) is 57.6 Å². The molecule has 82 valence electrons. The number of hydrogen-bond acceptors (Lipinski definition) is 3. The summed E-state index contributed by atoms with van der Waals surface area (Å²) in [5, 5.41) is 8.93. The number of amides is 1. The summed E-state index contributed by atoms with van der Waals surface area (Å²) < 4.78 is 0. The zero-order valence-electron chi connectivity index (χ0n) is 8.22. The second-order valence-electron chi connectivity index (χ2n) is 3.56. The molecule has 0 aliphatic carbocycles. The van der Waals surface area contributed by atoms with Crippen molar-refractivity contribution >= 4 is 24.5 Å².